The Labute approximate surface area is 87.7 Å². The highest BCUT2D eigenvalue weighted by atomic mass is 19.1. The lowest BCUT2D eigenvalue weighted by molar-refractivity contribution is 0.0694. The number of carbonyl (C=O) groups is 1. The number of aromatic carboxylic acids is 1. The summed E-state index contributed by atoms with van der Waals surface area (Å²) >= 11 is 0. The van der Waals surface area contributed by atoms with Gasteiger partial charge in [0.25, 0.3) is 0 Å². The summed E-state index contributed by atoms with van der Waals surface area (Å²) in [5, 5.41) is 8.99. The Hall–Kier alpha value is -1.38. The van der Waals surface area contributed by atoms with Crippen LogP contribution in [0, 0.1) is 0 Å². The molecule has 0 bridgehead atoms. The maximum Gasteiger partial charge on any atom is 0.335 e. The summed E-state index contributed by atoms with van der Waals surface area (Å²) in [4.78, 5) is 11.0. The van der Waals surface area contributed by atoms with Gasteiger partial charge in [-0.15, -0.1) is 0 Å². The molecule has 0 aliphatic heterocycles. The van der Waals surface area contributed by atoms with E-state index >= 15 is 0 Å². The molecule has 0 spiro atoms. The predicted octanol–water partition coefficient (Wildman–Crippen LogP) is 2.91. The highest BCUT2D eigenvalue weighted by Crippen LogP contribution is 2.39. The third-order valence-corrected chi connectivity index (χ3v) is 3.04. The molecule has 0 saturated heterocycles. The number of hydrogen-bond acceptors (Lipinski definition) is 1. The molecule has 2 rings (SSSR count). The van der Waals surface area contributed by atoms with Crippen molar-refractivity contribution in [2.45, 2.75) is 31.9 Å². The van der Waals surface area contributed by atoms with Gasteiger partial charge in [-0.2, -0.15) is 0 Å². The number of hydrogen-bond donors (Lipinski definition) is 1. The van der Waals surface area contributed by atoms with Gasteiger partial charge in [0.15, 0.2) is 0 Å². The van der Waals surface area contributed by atoms with Crippen molar-refractivity contribution < 1.29 is 14.3 Å². The van der Waals surface area contributed by atoms with E-state index in [1.54, 1.807) is 18.2 Å². The minimum Gasteiger partial charge on any atom is -0.478 e. The summed E-state index contributed by atoms with van der Waals surface area (Å²) in [6, 6.07) is 4.86. The van der Waals surface area contributed by atoms with E-state index in [1.807, 2.05) is 0 Å². The van der Waals surface area contributed by atoms with E-state index in [0.29, 0.717) is 30.4 Å². The van der Waals surface area contributed by atoms with Crippen LogP contribution in [0.1, 0.15) is 41.3 Å². The summed E-state index contributed by atoms with van der Waals surface area (Å²) in [5.41, 5.74) is 0.0879. The second-order valence-electron chi connectivity index (χ2n) is 4.19. The monoisotopic (exact) mass is 208 g/mol. The second kappa shape index (κ2) is 3.33. The first kappa shape index (κ1) is 10.1. The van der Waals surface area contributed by atoms with E-state index in [4.69, 9.17) is 5.11 Å². The van der Waals surface area contributed by atoms with Gasteiger partial charge < -0.3 is 5.11 Å². The highest BCUT2D eigenvalue weighted by Gasteiger charge is 2.33. The molecule has 15 heavy (non-hydrogen) atoms. The molecule has 0 radical (unpaired) electrons. The zero-order valence-electron chi connectivity index (χ0n) is 8.59. The molecule has 1 aliphatic rings. The average molecular weight is 208 g/mol. The summed E-state index contributed by atoms with van der Waals surface area (Å²) < 4.78 is 14.1. The molecular weight excluding hydrogens is 195 g/mol. The third-order valence-electron chi connectivity index (χ3n) is 3.04. The molecule has 3 heteroatoms. The predicted molar refractivity (Wildman–Crippen MR) is 54.8 cm³/mol. The molecule has 1 aromatic carbocycles. The molecule has 0 amide bonds. The van der Waals surface area contributed by atoms with E-state index in [9.17, 15) is 9.18 Å². The number of rotatable bonds is 1. The Morgan fingerprint density at radius 3 is 2.93 bits per heavy atom. The molecule has 80 valence electrons. The van der Waals surface area contributed by atoms with Gasteiger partial charge in [-0.05, 0) is 43.4 Å². The van der Waals surface area contributed by atoms with Crippen LogP contribution in [0.25, 0.3) is 0 Å². The molecule has 0 saturated carbocycles. The lowest BCUT2D eigenvalue weighted by Gasteiger charge is -2.29. The first-order chi connectivity index (χ1) is 7.02. The number of carboxylic acids is 1. The molecule has 1 unspecified atom stereocenters. The zero-order valence-corrected chi connectivity index (χ0v) is 8.59. The topological polar surface area (TPSA) is 37.3 Å². The Bertz CT molecular complexity index is 410. The number of alkyl halides is 1. The van der Waals surface area contributed by atoms with Crippen LogP contribution >= 0.6 is 0 Å². The van der Waals surface area contributed by atoms with Crippen molar-refractivity contribution in [3.8, 4) is 0 Å². The largest absolute Gasteiger partial charge is 0.478 e. The van der Waals surface area contributed by atoms with Crippen LogP contribution in [0.4, 0.5) is 4.39 Å². The fraction of sp³-hybridized carbons (Fsp3) is 0.417. The summed E-state index contributed by atoms with van der Waals surface area (Å²) in [6.45, 7) is 1.52. The van der Waals surface area contributed by atoms with E-state index in [0.717, 1.165) is 0 Å². The van der Waals surface area contributed by atoms with Crippen molar-refractivity contribution in [2.75, 3.05) is 0 Å². The van der Waals surface area contributed by atoms with Crippen molar-refractivity contribution in [2.24, 2.45) is 0 Å². The zero-order chi connectivity index (χ0) is 11.1. The smallest absolute Gasteiger partial charge is 0.335 e. The normalized spacial score (nSPS) is 24.7. The minimum atomic E-state index is -1.38. The van der Waals surface area contributed by atoms with Crippen LogP contribution in [0.15, 0.2) is 18.2 Å². The van der Waals surface area contributed by atoms with Crippen molar-refractivity contribution in [3.05, 3.63) is 34.9 Å². The third kappa shape index (κ3) is 1.62. The van der Waals surface area contributed by atoms with Gasteiger partial charge in [-0.3, -0.25) is 0 Å². The Kier molecular flexibility index (Phi) is 2.25. The van der Waals surface area contributed by atoms with Gasteiger partial charge in [0, 0.05) is 0 Å². The van der Waals surface area contributed by atoms with Crippen LogP contribution in [0.3, 0.4) is 0 Å². The number of carboxylic acid groups (broad SMARTS) is 1. The van der Waals surface area contributed by atoms with E-state index < -0.39 is 11.6 Å². The van der Waals surface area contributed by atoms with Gasteiger partial charge in [0.05, 0.1) is 5.56 Å². The molecule has 2 nitrogen and oxygen atoms in total. The van der Waals surface area contributed by atoms with Gasteiger partial charge in [0.1, 0.15) is 5.67 Å². The van der Waals surface area contributed by atoms with Crippen molar-refractivity contribution in [3.63, 3.8) is 0 Å². The summed E-state index contributed by atoms with van der Waals surface area (Å²) in [7, 11) is 0. The SMILES string of the molecule is CC1(F)CCCc2c(C(=O)O)cccc21. The lowest BCUT2D eigenvalue weighted by Crippen LogP contribution is -2.24. The Morgan fingerprint density at radius 1 is 1.53 bits per heavy atom. The molecule has 1 aromatic rings. The molecule has 1 aliphatic carbocycles. The highest BCUT2D eigenvalue weighted by molar-refractivity contribution is 5.90. The van der Waals surface area contributed by atoms with Crippen LogP contribution in [-0.2, 0) is 12.1 Å². The van der Waals surface area contributed by atoms with Crippen molar-refractivity contribution in [1.29, 1.82) is 0 Å². The number of halogens is 1. The van der Waals surface area contributed by atoms with E-state index in [-0.39, 0.29) is 5.56 Å². The number of benzene rings is 1. The maximum atomic E-state index is 14.1. The maximum absolute atomic E-state index is 14.1. The van der Waals surface area contributed by atoms with E-state index in [2.05, 4.69) is 0 Å². The van der Waals surface area contributed by atoms with Gasteiger partial charge in [0.2, 0.25) is 0 Å². The quantitative estimate of drug-likeness (QED) is 0.770. The molecular formula is C12H13FO2. The van der Waals surface area contributed by atoms with Crippen LogP contribution in [0.2, 0.25) is 0 Å². The van der Waals surface area contributed by atoms with Gasteiger partial charge in [-0.25, -0.2) is 9.18 Å². The molecule has 0 aromatic heterocycles. The summed E-state index contributed by atoms with van der Waals surface area (Å²) in [5.74, 6) is -0.968. The molecule has 1 N–H and O–H groups in total. The number of fused-ring (bicyclic) bond motifs is 1. The van der Waals surface area contributed by atoms with Gasteiger partial charge in [-0.1, -0.05) is 12.1 Å². The molecule has 1 atom stereocenters. The average Bonchev–Trinajstić information content (AvgIpc) is 2.16. The fourth-order valence-corrected chi connectivity index (χ4v) is 2.28. The molecule has 0 fully saturated rings. The molecule has 0 heterocycles. The first-order valence-corrected chi connectivity index (χ1v) is 5.07. The van der Waals surface area contributed by atoms with Crippen LogP contribution in [-0.4, -0.2) is 11.1 Å². The van der Waals surface area contributed by atoms with Crippen molar-refractivity contribution in [1.82, 2.24) is 0 Å². The van der Waals surface area contributed by atoms with E-state index in [1.165, 1.54) is 6.92 Å². The second-order valence-corrected chi connectivity index (χ2v) is 4.19. The Balaban J connectivity index is 2.61. The summed E-state index contributed by atoms with van der Waals surface area (Å²) in [6.07, 6.45) is 1.85. The standard InChI is InChI=1S/C12H13FO2/c1-12(13)7-3-5-8-9(11(14)15)4-2-6-10(8)12/h2,4,6H,3,5,7H2,1H3,(H,14,15). The van der Waals surface area contributed by atoms with Gasteiger partial charge >= 0.3 is 5.97 Å². The minimum absolute atomic E-state index is 0.246. The Morgan fingerprint density at radius 2 is 2.27 bits per heavy atom. The van der Waals surface area contributed by atoms with Crippen LogP contribution in [0.5, 0.6) is 0 Å². The fourth-order valence-electron chi connectivity index (χ4n) is 2.28. The van der Waals surface area contributed by atoms with Crippen molar-refractivity contribution >= 4 is 5.97 Å². The first-order valence-electron chi connectivity index (χ1n) is 5.07. The van der Waals surface area contributed by atoms with Crippen LogP contribution < -0.4 is 0 Å². The lowest BCUT2D eigenvalue weighted by atomic mass is 9.80.